The topological polar surface area (TPSA) is 40.5 Å². The molecule has 1 fully saturated rings. The van der Waals surface area contributed by atoms with Crippen molar-refractivity contribution in [3.63, 3.8) is 0 Å². The number of carbonyl (C=O) groups excluding carboxylic acids is 1. The van der Waals surface area contributed by atoms with Crippen LogP contribution in [0.5, 0.6) is 0 Å². The summed E-state index contributed by atoms with van der Waals surface area (Å²) in [5.74, 6) is 0.472. The van der Waals surface area contributed by atoms with E-state index >= 15 is 0 Å². The molecule has 1 N–H and O–H groups in total. The Morgan fingerprint density at radius 3 is 2.44 bits per heavy atom. The zero-order valence-electron chi connectivity index (χ0n) is 5.45. The molecule has 0 aliphatic heterocycles. The van der Waals surface area contributed by atoms with E-state index in [0.717, 1.165) is 17.9 Å². The van der Waals surface area contributed by atoms with Crippen molar-refractivity contribution in [2.75, 3.05) is 0 Å². The molecule has 1 aliphatic rings. The van der Waals surface area contributed by atoms with E-state index in [1.165, 1.54) is 0 Å². The second-order valence-electron chi connectivity index (χ2n) is 2.61. The van der Waals surface area contributed by atoms with E-state index < -0.39 is 0 Å². The second kappa shape index (κ2) is 2.35. The van der Waals surface area contributed by atoms with E-state index in [4.69, 9.17) is 5.21 Å². The van der Waals surface area contributed by atoms with E-state index in [1.807, 2.05) is 6.92 Å². The Morgan fingerprint density at radius 2 is 2.33 bits per heavy atom. The molecule has 0 aromatic heterocycles. The van der Waals surface area contributed by atoms with Crippen molar-refractivity contribution in [2.45, 2.75) is 25.8 Å². The van der Waals surface area contributed by atoms with Gasteiger partial charge in [-0.1, -0.05) is 6.92 Å². The molecule has 0 bridgehead atoms. The van der Waals surface area contributed by atoms with Gasteiger partial charge in [-0.05, 0) is 18.8 Å². The van der Waals surface area contributed by atoms with E-state index in [0.29, 0.717) is 12.3 Å². The summed E-state index contributed by atoms with van der Waals surface area (Å²) in [5.41, 5.74) is 0. The Labute approximate surface area is 54.2 Å². The number of hydrogen-bond donors (Lipinski definition) is 1. The van der Waals surface area contributed by atoms with Crippen LogP contribution in [0.4, 0.5) is 0 Å². The SMILES string of the molecule is CC1CCC1N(O)C=O. The van der Waals surface area contributed by atoms with Crippen molar-refractivity contribution < 1.29 is 10.0 Å². The molecule has 3 heteroatoms. The first-order valence-corrected chi connectivity index (χ1v) is 3.18. The molecule has 52 valence electrons. The quantitative estimate of drug-likeness (QED) is 0.337. The molecule has 0 aromatic rings. The lowest BCUT2D eigenvalue weighted by atomic mass is 9.81. The fourth-order valence-corrected chi connectivity index (χ4v) is 1.12. The minimum absolute atomic E-state index is 0.0856. The largest absolute Gasteiger partial charge is 0.286 e. The van der Waals surface area contributed by atoms with Gasteiger partial charge in [0, 0.05) is 0 Å². The molecule has 0 saturated heterocycles. The monoisotopic (exact) mass is 129 g/mol. The summed E-state index contributed by atoms with van der Waals surface area (Å²) in [4.78, 5) is 9.96. The standard InChI is InChI=1S/C6H11NO2/c1-5-2-3-6(5)7(9)4-8/h4-6,9H,2-3H2,1H3. The highest BCUT2D eigenvalue weighted by molar-refractivity contribution is 5.45. The van der Waals surface area contributed by atoms with Crippen LogP contribution in [0.1, 0.15) is 19.8 Å². The first-order valence-electron chi connectivity index (χ1n) is 3.18. The maximum Gasteiger partial charge on any atom is 0.233 e. The molecule has 0 aromatic carbocycles. The molecule has 9 heavy (non-hydrogen) atoms. The van der Waals surface area contributed by atoms with E-state index in [2.05, 4.69) is 0 Å². The summed E-state index contributed by atoms with van der Waals surface area (Å²) in [6, 6.07) is 0.0856. The van der Waals surface area contributed by atoms with Crippen LogP contribution < -0.4 is 0 Å². The van der Waals surface area contributed by atoms with E-state index in [-0.39, 0.29) is 6.04 Å². The van der Waals surface area contributed by atoms with Crippen molar-refractivity contribution in [2.24, 2.45) is 5.92 Å². The van der Waals surface area contributed by atoms with Crippen LogP contribution in [0.3, 0.4) is 0 Å². The summed E-state index contributed by atoms with van der Waals surface area (Å²) in [6.07, 6.45) is 2.53. The number of rotatable bonds is 2. The average molecular weight is 129 g/mol. The molecule has 2 atom stereocenters. The minimum Gasteiger partial charge on any atom is -0.286 e. The second-order valence-corrected chi connectivity index (χ2v) is 2.61. The van der Waals surface area contributed by atoms with Crippen LogP contribution in [0.15, 0.2) is 0 Å². The van der Waals surface area contributed by atoms with Crippen LogP contribution in [0.25, 0.3) is 0 Å². The van der Waals surface area contributed by atoms with Crippen LogP contribution in [0.2, 0.25) is 0 Å². The lowest BCUT2D eigenvalue weighted by Gasteiger charge is -2.36. The van der Waals surface area contributed by atoms with E-state index in [9.17, 15) is 4.79 Å². The number of nitrogens with zero attached hydrogens (tertiary/aromatic N) is 1. The molecule has 0 heterocycles. The van der Waals surface area contributed by atoms with Crippen LogP contribution in [-0.4, -0.2) is 22.7 Å². The van der Waals surface area contributed by atoms with Gasteiger partial charge in [-0.25, -0.2) is 5.06 Å². The highest BCUT2D eigenvalue weighted by atomic mass is 16.5. The first-order chi connectivity index (χ1) is 4.25. The van der Waals surface area contributed by atoms with Gasteiger partial charge in [0.05, 0.1) is 6.04 Å². The predicted molar refractivity (Wildman–Crippen MR) is 31.9 cm³/mol. The van der Waals surface area contributed by atoms with Gasteiger partial charge in [-0.2, -0.15) is 0 Å². The Morgan fingerprint density at radius 1 is 1.67 bits per heavy atom. The normalized spacial score (nSPS) is 33.1. The fraction of sp³-hybridized carbons (Fsp3) is 0.833. The smallest absolute Gasteiger partial charge is 0.233 e. The predicted octanol–water partition coefficient (Wildman–Crippen LogP) is 0.632. The van der Waals surface area contributed by atoms with Crippen LogP contribution in [-0.2, 0) is 4.79 Å². The molecule has 3 nitrogen and oxygen atoms in total. The molecule has 2 unspecified atom stereocenters. The molecule has 1 amide bonds. The van der Waals surface area contributed by atoms with Gasteiger partial charge in [0.1, 0.15) is 0 Å². The molecular weight excluding hydrogens is 118 g/mol. The number of carbonyl (C=O) groups is 1. The Kier molecular flexibility index (Phi) is 1.71. The third-order valence-corrected chi connectivity index (χ3v) is 2.02. The van der Waals surface area contributed by atoms with Gasteiger partial charge in [-0.15, -0.1) is 0 Å². The highest BCUT2D eigenvalue weighted by Gasteiger charge is 2.30. The van der Waals surface area contributed by atoms with Gasteiger partial charge in [-0.3, -0.25) is 10.0 Å². The van der Waals surface area contributed by atoms with E-state index in [1.54, 1.807) is 0 Å². The lowest BCUT2D eigenvalue weighted by Crippen LogP contribution is -2.43. The third kappa shape index (κ3) is 1.05. The van der Waals surface area contributed by atoms with Crippen LogP contribution in [0, 0.1) is 5.92 Å². The van der Waals surface area contributed by atoms with Crippen molar-refractivity contribution in [3.8, 4) is 0 Å². The number of hydroxylamine groups is 2. The van der Waals surface area contributed by atoms with Gasteiger partial charge < -0.3 is 0 Å². The third-order valence-electron chi connectivity index (χ3n) is 2.02. The zero-order chi connectivity index (χ0) is 6.85. The minimum atomic E-state index is 0.0856. The highest BCUT2D eigenvalue weighted by Crippen LogP contribution is 2.29. The van der Waals surface area contributed by atoms with Crippen molar-refractivity contribution >= 4 is 6.41 Å². The molecule has 1 saturated carbocycles. The number of hydrogen-bond acceptors (Lipinski definition) is 2. The molecule has 0 spiro atoms. The molecule has 0 radical (unpaired) electrons. The van der Waals surface area contributed by atoms with Crippen molar-refractivity contribution in [1.29, 1.82) is 0 Å². The zero-order valence-corrected chi connectivity index (χ0v) is 5.45. The Hall–Kier alpha value is -0.570. The average Bonchev–Trinajstić information content (AvgIpc) is 1.84. The fourth-order valence-electron chi connectivity index (χ4n) is 1.12. The van der Waals surface area contributed by atoms with Crippen LogP contribution >= 0.6 is 0 Å². The summed E-state index contributed by atoms with van der Waals surface area (Å²) in [6.45, 7) is 2.03. The van der Waals surface area contributed by atoms with Gasteiger partial charge in [0.25, 0.3) is 0 Å². The Bertz CT molecular complexity index is 116. The summed E-state index contributed by atoms with van der Waals surface area (Å²) in [5, 5.41) is 9.59. The Balaban J connectivity index is 2.34. The maximum atomic E-state index is 9.96. The van der Waals surface area contributed by atoms with Gasteiger partial charge >= 0.3 is 0 Å². The summed E-state index contributed by atoms with van der Waals surface area (Å²) >= 11 is 0. The molecular formula is C6H11NO2. The maximum absolute atomic E-state index is 9.96. The van der Waals surface area contributed by atoms with Crippen molar-refractivity contribution in [3.05, 3.63) is 0 Å². The first kappa shape index (κ1) is 6.55. The lowest BCUT2D eigenvalue weighted by molar-refractivity contribution is -0.174. The summed E-state index contributed by atoms with van der Waals surface area (Å²) in [7, 11) is 0. The number of amides is 1. The van der Waals surface area contributed by atoms with Crippen molar-refractivity contribution in [1.82, 2.24) is 5.06 Å². The molecule has 1 aliphatic carbocycles. The van der Waals surface area contributed by atoms with Gasteiger partial charge in [0.15, 0.2) is 0 Å². The van der Waals surface area contributed by atoms with Gasteiger partial charge in [0.2, 0.25) is 6.41 Å². The molecule has 1 rings (SSSR count). The summed E-state index contributed by atoms with van der Waals surface area (Å²) < 4.78 is 0.